The van der Waals surface area contributed by atoms with Gasteiger partial charge in [0.1, 0.15) is 5.82 Å². The van der Waals surface area contributed by atoms with Gasteiger partial charge in [-0.3, -0.25) is 0 Å². The fourth-order valence-corrected chi connectivity index (χ4v) is 2.31. The van der Waals surface area contributed by atoms with Crippen molar-refractivity contribution in [3.05, 3.63) is 17.7 Å². The molecular weight excluding hydrogens is 218 g/mol. The molecule has 0 saturated carbocycles. The van der Waals surface area contributed by atoms with Crippen molar-refractivity contribution in [2.75, 3.05) is 18.1 Å². The van der Waals surface area contributed by atoms with Crippen LogP contribution in [0.5, 0.6) is 0 Å². The maximum atomic E-state index is 4.38. The molecule has 1 heterocycles. The van der Waals surface area contributed by atoms with Gasteiger partial charge in [0.2, 0.25) is 0 Å². The molecule has 0 aliphatic carbocycles. The summed E-state index contributed by atoms with van der Waals surface area (Å²) in [5, 5.41) is 3.35. The van der Waals surface area contributed by atoms with Crippen LogP contribution in [0.2, 0.25) is 0 Å². The van der Waals surface area contributed by atoms with Crippen LogP contribution in [-0.2, 0) is 13.1 Å². The third-order valence-electron chi connectivity index (χ3n) is 2.57. The van der Waals surface area contributed by atoms with E-state index in [9.17, 15) is 0 Å². The molecule has 0 amide bonds. The van der Waals surface area contributed by atoms with Crippen LogP contribution in [0.15, 0.2) is 6.20 Å². The molecule has 1 aromatic heterocycles. The molecule has 0 spiro atoms. The number of nitrogens with one attached hydrogen (secondary N) is 1. The zero-order chi connectivity index (χ0) is 11.8. The summed E-state index contributed by atoms with van der Waals surface area (Å²) in [4.78, 5) is 4.38. The molecule has 0 aromatic carbocycles. The van der Waals surface area contributed by atoms with Gasteiger partial charge in [-0.1, -0.05) is 13.8 Å². The summed E-state index contributed by atoms with van der Waals surface area (Å²) >= 11 is 2.01. The van der Waals surface area contributed by atoms with Crippen molar-refractivity contribution >= 4 is 11.8 Å². The molecule has 0 saturated heterocycles. The van der Waals surface area contributed by atoms with Gasteiger partial charge in [0.25, 0.3) is 0 Å². The van der Waals surface area contributed by atoms with Gasteiger partial charge in [0.15, 0.2) is 0 Å². The molecule has 0 aliphatic heterocycles. The van der Waals surface area contributed by atoms with E-state index in [2.05, 4.69) is 35.6 Å². The van der Waals surface area contributed by atoms with Crippen molar-refractivity contribution in [3.8, 4) is 0 Å². The van der Waals surface area contributed by atoms with E-state index < -0.39 is 0 Å². The lowest BCUT2D eigenvalue weighted by Gasteiger charge is -2.10. The molecule has 0 unspecified atom stereocenters. The Labute approximate surface area is 103 Å². The first-order valence-electron chi connectivity index (χ1n) is 6.09. The summed E-state index contributed by atoms with van der Waals surface area (Å²) in [6.45, 7) is 9.46. The van der Waals surface area contributed by atoms with Crippen molar-refractivity contribution in [3.63, 3.8) is 0 Å². The van der Waals surface area contributed by atoms with Crippen molar-refractivity contribution in [2.24, 2.45) is 0 Å². The molecule has 3 nitrogen and oxygen atoms in total. The number of imidazole rings is 1. The number of aryl methyl sites for hydroxylation is 1. The molecule has 0 bridgehead atoms. The van der Waals surface area contributed by atoms with Crippen LogP contribution in [-0.4, -0.2) is 27.6 Å². The molecule has 0 radical (unpaired) electrons. The average Bonchev–Trinajstić information content (AvgIpc) is 2.63. The Bertz CT molecular complexity index is 296. The second-order valence-electron chi connectivity index (χ2n) is 3.78. The molecule has 1 rings (SSSR count). The minimum absolute atomic E-state index is 0.929. The number of hydrogen-bond donors (Lipinski definition) is 1. The zero-order valence-electron chi connectivity index (χ0n) is 10.6. The van der Waals surface area contributed by atoms with Crippen molar-refractivity contribution in [1.29, 1.82) is 0 Å². The standard InChI is InChI=1S/C12H23N3S/c1-4-13-9-12-10-14-11(3)15(12)7-6-8-16-5-2/h10,13H,4-9H2,1-3H3. The molecule has 1 N–H and O–H groups in total. The van der Waals surface area contributed by atoms with E-state index in [0.29, 0.717) is 0 Å². The Morgan fingerprint density at radius 1 is 1.44 bits per heavy atom. The fraction of sp³-hybridized carbons (Fsp3) is 0.750. The van der Waals surface area contributed by atoms with Gasteiger partial charge < -0.3 is 9.88 Å². The Kier molecular flexibility index (Phi) is 6.57. The highest BCUT2D eigenvalue weighted by Gasteiger charge is 2.05. The Balaban J connectivity index is 2.45. The van der Waals surface area contributed by atoms with E-state index in [4.69, 9.17) is 0 Å². The van der Waals surface area contributed by atoms with Gasteiger partial charge >= 0.3 is 0 Å². The number of thioether (sulfide) groups is 1. The highest BCUT2D eigenvalue weighted by atomic mass is 32.2. The third kappa shape index (κ3) is 4.18. The maximum Gasteiger partial charge on any atom is 0.105 e. The second kappa shape index (κ2) is 7.74. The minimum Gasteiger partial charge on any atom is -0.331 e. The van der Waals surface area contributed by atoms with E-state index in [1.54, 1.807) is 0 Å². The normalized spacial score (nSPS) is 10.9. The lowest BCUT2D eigenvalue weighted by Crippen LogP contribution is -2.16. The molecule has 0 aliphatic rings. The Hall–Kier alpha value is -0.480. The minimum atomic E-state index is 0.929. The Morgan fingerprint density at radius 3 is 2.94 bits per heavy atom. The van der Waals surface area contributed by atoms with E-state index in [1.807, 2.05) is 18.0 Å². The molecule has 0 atom stereocenters. The summed E-state index contributed by atoms with van der Waals surface area (Å²) in [5.74, 6) is 3.59. The first kappa shape index (κ1) is 13.6. The van der Waals surface area contributed by atoms with E-state index >= 15 is 0 Å². The molecule has 16 heavy (non-hydrogen) atoms. The second-order valence-corrected chi connectivity index (χ2v) is 5.17. The van der Waals surface area contributed by atoms with Crippen LogP contribution in [0.25, 0.3) is 0 Å². The van der Waals surface area contributed by atoms with Crippen LogP contribution in [0.1, 0.15) is 31.8 Å². The maximum absolute atomic E-state index is 4.38. The number of nitrogens with zero attached hydrogens (tertiary/aromatic N) is 2. The van der Waals surface area contributed by atoms with Gasteiger partial charge in [-0.15, -0.1) is 0 Å². The SMILES string of the molecule is CCNCc1cnc(C)n1CCCSCC. The number of hydrogen-bond acceptors (Lipinski definition) is 3. The van der Waals surface area contributed by atoms with Crippen LogP contribution in [0, 0.1) is 6.92 Å². The lowest BCUT2D eigenvalue weighted by molar-refractivity contribution is 0.601. The third-order valence-corrected chi connectivity index (χ3v) is 3.55. The van der Waals surface area contributed by atoms with Crippen LogP contribution >= 0.6 is 11.8 Å². The first-order valence-corrected chi connectivity index (χ1v) is 7.24. The number of rotatable bonds is 8. The average molecular weight is 241 g/mol. The predicted octanol–water partition coefficient (Wildman–Crippen LogP) is 2.44. The summed E-state index contributed by atoms with van der Waals surface area (Å²) in [6.07, 6.45) is 3.22. The molecule has 4 heteroatoms. The van der Waals surface area contributed by atoms with Gasteiger partial charge in [0.05, 0.1) is 5.69 Å². The topological polar surface area (TPSA) is 29.9 Å². The summed E-state index contributed by atoms with van der Waals surface area (Å²) < 4.78 is 2.33. The van der Waals surface area contributed by atoms with Crippen molar-refractivity contribution in [1.82, 2.24) is 14.9 Å². The highest BCUT2D eigenvalue weighted by molar-refractivity contribution is 7.99. The molecule has 0 fully saturated rings. The first-order chi connectivity index (χ1) is 7.79. The van der Waals surface area contributed by atoms with Crippen LogP contribution < -0.4 is 5.32 Å². The largest absolute Gasteiger partial charge is 0.331 e. The van der Waals surface area contributed by atoms with Crippen LogP contribution in [0.4, 0.5) is 0 Å². The molecular formula is C12H23N3S. The van der Waals surface area contributed by atoms with Gasteiger partial charge in [0, 0.05) is 19.3 Å². The van der Waals surface area contributed by atoms with Crippen molar-refractivity contribution < 1.29 is 0 Å². The van der Waals surface area contributed by atoms with Gasteiger partial charge in [-0.05, 0) is 31.4 Å². The van der Waals surface area contributed by atoms with E-state index in [-0.39, 0.29) is 0 Å². The summed E-state index contributed by atoms with van der Waals surface area (Å²) in [7, 11) is 0. The van der Waals surface area contributed by atoms with Gasteiger partial charge in [-0.25, -0.2) is 4.98 Å². The Morgan fingerprint density at radius 2 is 2.25 bits per heavy atom. The molecule has 1 aromatic rings. The summed E-state index contributed by atoms with van der Waals surface area (Å²) in [6, 6.07) is 0. The monoisotopic (exact) mass is 241 g/mol. The zero-order valence-corrected chi connectivity index (χ0v) is 11.4. The van der Waals surface area contributed by atoms with Gasteiger partial charge in [-0.2, -0.15) is 11.8 Å². The predicted molar refractivity (Wildman–Crippen MR) is 72.0 cm³/mol. The fourth-order valence-electron chi connectivity index (χ4n) is 1.68. The van der Waals surface area contributed by atoms with E-state index in [1.165, 1.54) is 23.6 Å². The smallest absolute Gasteiger partial charge is 0.105 e. The quantitative estimate of drug-likeness (QED) is 0.709. The molecule has 92 valence electrons. The van der Waals surface area contributed by atoms with Crippen LogP contribution in [0.3, 0.4) is 0 Å². The lowest BCUT2D eigenvalue weighted by atomic mass is 10.4. The van der Waals surface area contributed by atoms with E-state index in [0.717, 1.165) is 25.5 Å². The number of aromatic nitrogens is 2. The summed E-state index contributed by atoms with van der Waals surface area (Å²) in [5.41, 5.74) is 1.31. The van der Waals surface area contributed by atoms with Crippen molar-refractivity contribution in [2.45, 2.75) is 40.3 Å². The highest BCUT2D eigenvalue weighted by Crippen LogP contribution is 2.08.